The topological polar surface area (TPSA) is 21.7 Å². The van der Waals surface area contributed by atoms with Crippen LogP contribution in [0.4, 0.5) is 0 Å². The molecule has 0 atom stereocenters. The van der Waals surface area contributed by atoms with Crippen molar-refractivity contribution < 1.29 is 9.31 Å². The molecule has 0 spiro atoms. The summed E-state index contributed by atoms with van der Waals surface area (Å²) in [5.41, 5.74) is 3.31. The molecule has 1 saturated heterocycles. The molecule has 23 heavy (non-hydrogen) atoms. The Morgan fingerprint density at radius 3 is 1.91 bits per heavy atom. The highest BCUT2D eigenvalue weighted by molar-refractivity contribution is 6.61. The highest BCUT2D eigenvalue weighted by Crippen LogP contribution is 2.18. The molecule has 0 aliphatic carbocycles. The van der Waals surface area contributed by atoms with E-state index < -0.39 is 7.12 Å². The van der Waals surface area contributed by atoms with E-state index in [0.717, 1.165) is 11.0 Å². The Hall–Kier alpha value is -2.46. The molecule has 3 nitrogen and oxygen atoms in total. The van der Waals surface area contributed by atoms with Gasteiger partial charge in [-0.05, 0) is 18.2 Å². The van der Waals surface area contributed by atoms with E-state index in [1.54, 1.807) is 0 Å². The summed E-state index contributed by atoms with van der Waals surface area (Å²) >= 11 is 0. The predicted molar refractivity (Wildman–Crippen MR) is 95.2 cm³/mol. The third-order valence-corrected chi connectivity index (χ3v) is 3.73. The van der Waals surface area contributed by atoms with Crippen molar-refractivity contribution in [3.8, 4) is 11.1 Å². The zero-order chi connectivity index (χ0) is 16.2. The summed E-state index contributed by atoms with van der Waals surface area (Å²) in [6.45, 7) is 9.25. The lowest BCUT2D eigenvalue weighted by Crippen LogP contribution is -2.41. The van der Waals surface area contributed by atoms with Crippen LogP contribution < -0.4 is 5.46 Å². The smallest absolute Gasteiger partial charge is 0.525 e. The molecule has 1 fully saturated rings. The van der Waals surface area contributed by atoms with Crippen LogP contribution in [0, 0.1) is 0 Å². The summed E-state index contributed by atoms with van der Waals surface area (Å²) in [6, 6.07) is 18.5. The molecular weight excluding hydrogens is 285 g/mol. The van der Waals surface area contributed by atoms with Crippen molar-refractivity contribution in [2.75, 3.05) is 20.1 Å². The lowest BCUT2D eigenvalue weighted by atomic mass is 9.77. The summed E-state index contributed by atoms with van der Waals surface area (Å²) in [5.74, 6) is 1.38. The van der Waals surface area contributed by atoms with E-state index in [4.69, 9.17) is 9.31 Å². The molecule has 2 aromatic rings. The van der Waals surface area contributed by atoms with Gasteiger partial charge < -0.3 is 9.31 Å². The summed E-state index contributed by atoms with van der Waals surface area (Å²) in [4.78, 5) is 2.05. The van der Waals surface area contributed by atoms with Crippen LogP contribution >= 0.6 is 0 Å². The molecule has 0 unspecified atom stereocenters. The van der Waals surface area contributed by atoms with Crippen LogP contribution in [-0.4, -0.2) is 32.2 Å². The normalized spacial score (nSPS) is 16.3. The van der Waals surface area contributed by atoms with Crippen LogP contribution in [0.2, 0.25) is 0 Å². The molecule has 4 heteroatoms. The van der Waals surface area contributed by atoms with E-state index >= 15 is 0 Å². The van der Waals surface area contributed by atoms with E-state index in [1.807, 2.05) is 37.4 Å². The van der Waals surface area contributed by atoms with Gasteiger partial charge in [0, 0.05) is 5.46 Å². The van der Waals surface area contributed by atoms with Crippen molar-refractivity contribution in [3.63, 3.8) is 0 Å². The molecule has 0 saturated carbocycles. The molecular formula is C19H20BNO2. The van der Waals surface area contributed by atoms with Crippen LogP contribution in [-0.2, 0) is 9.31 Å². The molecule has 3 rings (SSSR count). The number of benzene rings is 2. The quantitative estimate of drug-likeness (QED) is 0.796. The maximum absolute atomic E-state index is 5.84. The molecule has 1 aliphatic heterocycles. The lowest BCUT2D eigenvalue weighted by molar-refractivity contribution is 0.217. The minimum Gasteiger partial charge on any atom is -0.525 e. The van der Waals surface area contributed by atoms with Crippen LogP contribution in [0.1, 0.15) is 0 Å². The number of rotatable bonds is 2. The summed E-state index contributed by atoms with van der Waals surface area (Å²) < 4.78 is 11.7. The minimum atomic E-state index is -0.492. The summed E-state index contributed by atoms with van der Waals surface area (Å²) in [5, 5.41) is 0. The summed E-state index contributed by atoms with van der Waals surface area (Å²) in [7, 11) is 1.49. The second kappa shape index (κ2) is 6.76. The van der Waals surface area contributed by atoms with E-state index in [9.17, 15) is 0 Å². The SMILES string of the molecule is C=C1CN(C)CC(=C)OB(c2ccc(-c3ccccc3)cc2)O1. The Kier molecular flexibility index (Phi) is 4.53. The monoisotopic (exact) mass is 305 g/mol. The Morgan fingerprint density at radius 1 is 0.826 bits per heavy atom. The van der Waals surface area contributed by atoms with Gasteiger partial charge in [0.2, 0.25) is 0 Å². The van der Waals surface area contributed by atoms with Crippen LogP contribution in [0.25, 0.3) is 11.1 Å². The Morgan fingerprint density at radius 2 is 1.35 bits per heavy atom. The first-order valence-electron chi connectivity index (χ1n) is 7.64. The molecule has 1 aliphatic rings. The third-order valence-electron chi connectivity index (χ3n) is 3.73. The van der Waals surface area contributed by atoms with Crippen LogP contribution in [0.5, 0.6) is 0 Å². The third kappa shape index (κ3) is 3.85. The maximum atomic E-state index is 5.84. The van der Waals surface area contributed by atoms with Gasteiger partial charge in [-0.3, -0.25) is 4.90 Å². The van der Waals surface area contributed by atoms with Crippen molar-refractivity contribution in [1.82, 2.24) is 4.90 Å². The summed E-state index contributed by atoms with van der Waals surface area (Å²) in [6.07, 6.45) is 0. The molecule has 116 valence electrons. The number of nitrogens with zero attached hydrogens (tertiary/aromatic N) is 1. The second-order valence-electron chi connectivity index (χ2n) is 5.81. The van der Waals surface area contributed by atoms with Gasteiger partial charge in [-0.2, -0.15) is 0 Å². The molecule has 0 aromatic heterocycles. The minimum absolute atomic E-state index is 0.492. The van der Waals surface area contributed by atoms with Gasteiger partial charge in [0.15, 0.2) is 0 Å². The Labute approximate surface area is 138 Å². The average molecular weight is 305 g/mol. The molecule has 0 N–H and O–H groups in total. The number of likely N-dealkylation sites (N-methyl/N-ethyl adjacent to an activating group) is 1. The highest BCUT2D eigenvalue weighted by atomic mass is 16.6. The van der Waals surface area contributed by atoms with Gasteiger partial charge in [-0.1, -0.05) is 67.8 Å². The standard InChI is InChI=1S/C19H20BNO2/c1-15-13-21(3)14-16(2)23-20(22-15)19-11-9-18(10-12-19)17-7-5-4-6-8-17/h4-12H,1-2,13-14H2,3H3. The Bertz CT molecular complexity index is 677. The molecule has 0 amide bonds. The molecule has 1 heterocycles. The number of hydrogen-bond donors (Lipinski definition) is 0. The number of hydrogen-bond acceptors (Lipinski definition) is 3. The fourth-order valence-electron chi connectivity index (χ4n) is 2.66. The highest BCUT2D eigenvalue weighted by Gasteiger charge is 2.29. The first-order chi connectivity index (χ1) is 11.1. The van der Waals surface area contributed by atoms with E-state index in [2.05, 4.69) is 42.3 Å². The fourth-order valence-corrected chi connectivity index (χ4v) is 2.66. The van der Waals surface area contributed by atoms with Gasteiger partial charge >= 0.3 is 7.12 Å². The molecule has 2 aromatic carbocycles. The van der Waals surface area contributed by atoms with Gasteiger partial charge in [0.05, 0.1) is 24.6 Å². The predicted octanol–water partition coefficient (Wildman–Crippen LogP) is 3.05. The van der Waals surface area contributed by atoms with Crippen molar-refractivity contribution in [3.05, 3.63) is 79.3 Å². The van der Waals surface area contributed by atoms with E-state index in [0.29, 0.717) is 24.6 Å². The lowest BCUT2D eigenvalue weighted by Gasteiger charge is -2.27. The average Bonchev–Trinajstić information content (AvgIpc) is 2.53. The van der Waals surface area contributed by atoms with Gasteiger partial charge in [0.25, 0.3) is 0 Å². The van der Waals surface area contributed by atoms with Crippen molar-refractivity contribution in [1.29, 1.82) is 0 Å². The van der Waals surface area contributed by atoms with E-state index in [-0.39, 0.29) is 0 Å². The van der Waals surface area contributed by atoms with Crippen molar-refractivity contribution in [2.45, 2.75) is 0 Å². The van der Waals surface area contributed by atoms with Crippen LogP contribution in [0.3, 0.4) is 0 Å². The van der Waals surface area contributed by atoms with Crippen LogP contribution in [0.15, 0.2) is 79.3 Å². The van der Waals surface area contributed by atoms with Gasteiger partial charge in [-0.15, -0.1) is 0 Å². The fraction of sp³-hybridized carbons (Fsp3) is 0.158. The van der Waals surface area contributed by atoms with Crippen molar-refractivity contribution in [2.24, 2.45) is 0 Å². The maximum Gasteiger partial charge on any atom is 0.632 e. The van der Waals surface area contributed by atoms with Gasteiger partial charge in [-0.25, -0.2) is 0 Å². The zero-order valence-corrected chi connectivity index (χ0v) is 13.4. The first kappa shape index (κ1) is 15.4. The second-order valence-corrected chi connectivity index (χ2v) is 5.81. The van der Waals surface area contributed by atoms with E-state index in [1.165, 1.54) is 5.56 Å². The van der Waals surface area contributed by atoms with Crippen molar-refractivity contribution >= 4 is 12.6 Å². The van der Waals surface area contributed by atoms with Gasteiger partial charge in [0.1, 0.15) is 0 Å². The Balaban J connectivity index is 1.80. The molecule has 0 radical (unpaired) electrons. The largest absolute Gasteiger partial charge is 0.632 e. The zero-order valence-electron chi connectivity index (χ0n) is 13.4. The first-order valence-corrected chi connectivity index (χ1v) is 7.64. The molecule has 0 bridgehead atoms.